The molecule has 0 aliphatic heterocycles. The normalized spacial score (nSPS) is 12.4. The summed E-state index contributed by atoms with van der Waals surface area (Å²) >= 11 is 3.49. The first-order valence-electron chi connectivity index (χ1n) is 7.15. The van der Waals surface area contributed by atoms with Crippen molar-refractivity contribution in [2.24, 2.45) is 0 Å². The summed E-state index contributed by atoms with van der Waals surface area (Å²) in [5, 5.41) is 3.65. The van der Waals surface area contributed by atoms with Gasteiger partial charge in [-0.3, -0.25) is 0 Å². The summed E-state index contributed by atoms with van der Waals surface area (Å²) in [7, 11) is 0. The highest BCUT2D eigenvalue weighted by atomic mass is 79.9. The number of rotatable bonds is 5. The molecule has 106 valence electrons. The molecule has 1 N–H and O–H groups in total. The SMILES string of the molecule is CCC(NCc1ccc(C)c(C)c1)c1ccc(Br)cc1. The zero-order valence-electron chi connectivity index (χ0n) is 12.4. The molecule has 2 aromatic carbocycles. The molecule has 0 aromatic heterocycles. The number of hydrogen-bond donors (Lipinski definition) is 1. The molecule has 20 heavy (non-hydrogen) atoms. The highest BCUT2D eigenvalue weighted by Crippen LogP contribution is 2.20. The monoisotopic (exact) mass is 331 g/mol. The Balaban J connectivity index is 2.03. The van der Waals surface area contributed by atoms with E-state index in [1.54, 1.807) is 0 Å². The van der Waals surface area contributed by atoms with Crippen molar-refractivity contribution < 1.29 is 0 Å². The van der Waals surface area contributed by atoms with Crippen LogP contribution in [0.5, 0.6) is 0 Å². The maximum atomic E-state index is 3.65. The summed E-state index contributed by atoms with van der Waals surface area (Å²) in [5.74, 6) is 0. The van der Waals surface area contributed by atoms with E-state index in [1.807, 2.05) is 0 Å². The fraction of sp³-hybridized carbons (Fsp3) is 0.333. The Labute approximate surface area is 130 Å². The van der Waals surface area contributed by atoms with Crippen LogP contribution >= 0.6 is 15.9 Å². The summed E-state index contributed by atoms with van der Waals surface area (Å²) in [5.41, 5.74) is 5.41. The minimum Gasteiger partial charge on any atom is -0.306 e. The summed E-state index contributed by atoms with van der Waals surface area (Å²) < 4.78 is 1.13. The Morgan fingerprint density at radius 3 is 2.30 bits per heavy atom. The molecule has 0 fully saturated rings. The second-order valence-corrected chi connectivity index (χ2v) is 6.23. The lowest BCUT2D eigenvalue weighted by Gasteiger charge is -2.18. The average Bonchev–Trinajstić information content (AvgIpc) is 2.45. The minimum atomic E-state index is 0.407. The molecule has 1 nitrogen and oxygen atoms in total. The van der Waals surface area contributed by atoms with Gasteiger partial charge in [-0.05, 0) is 54.7 Å². The molecule has 0 saturated carbocycles. The summed E-state index contributed by atoms with van der Waals surface area (Å²) in [4.78, 5) is 0. The van der Waals surface area contributed by atoms with Gasteiger partial charge in [0.15, 0.2) is 0 Å². The first-order chi connectivity index (χ1) is 9.60. The lowest BCUT2D eigenvalue weighted by atomic mass is 10.0. The fourth-order valence-corrected chi connectivity index (χ4v) is 2.61. The van der Waals surface area contributed by atoms with Gasteiger partial charge in [0.05, 0.1) is 0 Å². The molecule has 1 unspecified atom stereocenters. The van der Waals surface area contributed by atoms with E-state index in [9.17, 15) is 0 Å². The fourth-order valence-electron chi connectivity index (χ4n) is 2.35. The number of halogens is 1. The predicted octanol–water partition coefficient (Wildman–Crippen LogP) is 5.31. The molecule has 1 atom stereocenters. The molecule has 0 amide bonds. The zero-order valence-corrected chi connectivity index (χ0v) is 14.0. The Kier molecular flexibility index (Phi) is 5.38. The van der Waals surface area contributed by atoms with Crippen LogP contribution in [0.3, 0.4) is 0 Å². The number of nitrogens with one attached hydrogen (secondary N) is 1. The quantitative estimate of drug-likeness (QED) is 0.783. The molecule has 0 aliphatic rings. The Bertz CT molecular complexity index is 560. The van der Waals surface area contributed by atoms with E-state index in [1.165, 1.54) is 22.3 Å². The van der Waals surface area contributed by atoms with Crippen LogP contribution in [0, 0.1) is 13.8 Å². The smallest absolute Gasteiger partial charge is 0.0320 e. The lowest BCUT2D eigenvalue weighted by Crippen LogP contribution is -2.20. The van der Waals surface area contributed by atoms with E-state index in [0.717, 1.165) is 17.4 Å². The maximum Gasteiger partial charge on any atom is 0.0320 e. The van der Waals surface area contributed by atoms with Gasteiger partial charge in [-0.15, -0.1) is 0 Å². The second-order valence-electron chi connectivity index (χ2n) is 5.31. The van der Waals surface area contributed by atoms with Crippen molar-refractivity contribution in [1.29, 1.82) is 0 Å². The Morgan fingerprint density at radius 1 is 1.00 bits per heavy atom. The van der Waals surface area contributed by atoms with Gasteiger partial charge in [-0.1, -0.05) is 53.2 Å². The molecule has 0 aliphatic carbocycles. The van der Waals surface area contributed by atoms with E-state index in [4.69, 9.17) is 0 Å². The van der Waals surface area contributed by atoms with Gasteiger partial charge in [-0.25, -0.2) is 0 Å². The van der Waals surface area contributed by atoms with E-state index in [2.05, 4.69) is 84.5 Å². The molecule has 0 heterocycles. The van der Waals surface area contributed by atoms with Crippen molar-refractivity contribution in [3.8, 4) is 0 Å². The van der Waals surface area contributed by atoms with Crippen molar-refractivity contribution in [1.82, 2.24) is 5.32 Å². The molecule has 0 bridgehead atoms. The first kappa shape index (κ1) is 15.3. The molecule has 2 heteroatoms. The van der Waals surface area contributed by atoms with Crippen LogP contribution < -0.4 is 5.32 Å². The van der Waals surface area contributed by atoms with Gasteiger partial charge < -0.3 is 5.32 Å². The third kappa shape index (κ3) is 3.94. The number of aryl methyl sites for hydroxylation is 2. The summed E-state index contributed by atoms with van der Waals surface area (Å²) in [6.45, 7) is 7.46. The van der Waals surface area contributed by atoms with Crippen LogP contribution in [0.15, 0.2) is 46.9 Å². The van der Waals surface area contributed by atoms with E-state index in [-0.39, 0.29) is 0 Å². The van der Waals surface area contributed by atoms with Crippen LogP contribution in [0.2, 0.25) is 0 Å². The van der Waals surface area contributed by atoms with Gasteiger partial charge in [-0.2, -0.15) is 0 Å². The van der Waals surface area contributed by atoms with Crippen molar-refractivity contribution in [3.05, 3.63) is 69.2 Å². The Morgan fingerprint density at radius 2 is 1.70 bits per heavy atom. The first-order valence-corrected chi connectivity index (χ1v) is 7.94. The lowest BCUT2D eigenvalue weighted by molar-refractivity contribution is 0.519. The topological polar surface area (TPSA) is 12.0 Å². The molecule has 0 spiro atoms. The van der Waals surface area contributed by atoms with Crippen molar-refractivity contribution in [3.63, 3.8) is 0 Å². The third-order valence-electron chi connectivity index (χ3n) is 3.80. The van der Waals surface area contributed by atoms with Crippen molar-refractivity contribution in [2.45, 2.75) is 39.8 Å². The predicted molar refractivity (Wildman–Crippen MR) is 89.9 cm³/mol. The molecule has 0 saturated heterocycles. The van der Waals surface area contributed by atoms with Gasteiger partial charge >= 0.3 is 0 Å². The summed E-state index contributed by atoms with van der Waals surface area (Å²) in [6.07, 6.45) is 1.09. The zero-order chi connectivity index (χ0) is 14.5. The number of benzene rings is 2. The van der Waals surface area contributed by atoms with E-state index >= 15 is 0 Å². The second kappa shape index (κ2) is 7.05. The highest BCUT2D eigenvalue weighted by molar-refractivity contribution is 9.10. The molecule has 2 aromatic rings. The molecular formula is C18H22BrN. The van der Waals surface area contributed by atoms with Crippen LogP contribution in [0.25, 0.3) is 0 Å². The van der Waals surface area contributed by atoms with Crippen molar-refractivity contribution in [2.75, 3.05) is 0 Å². The van der Waals surface area contributed by atoms with Crippen molar-refractivity contribution >= 4 is 15.9 Å². The van der Waals surface area contributed by atoms with E-state index < -0.39 is 0 Å². The average molecular weight is 332 g/mol. The minimum absolute atomic E-state index is 0.407. The van der Waals surface area contributed by atoms with Gasteiger partial charge in [0.25, 0.3) is 0 Å². The molecular weight excluding hydrogens is 310 g/mol. The summed E-state index contributed by atoms with van der Waals surface area (Å²) in [6, 6.07) is 15.7. The Hall–Kier alpha value is -1.12. The molecule has 0 radical (unpaired) electrons. The van der Waals surface area contributed by atoms with Crippen LogP contribution in [-0.4, -0.2) is 0 Å². The van der Waals surface area contributed by atoms with Gasteiger partial charge in [0.2, 0.25) is 0 Å². The van der Waals surface area contributed by atoms with Gasteiger partial charge in [0.1, 0.15) is 0 Å². The van der Waals surface area contributed by atoms with Crippen LogP contribution in [-0.2, 0) is 6.54 Å². The third-order valence-corrected chi connectivity index (χ3v) is 4.33. The van der Waals surface area contributed by atoms with Gasteiger partial charge in [0, 0.05) is 17.1 Å². The highest BCUT2D eigenvalue weighted by Gasteiger charge is 2.08. The molecule has 2 rings (SSSR count). The van der Waals surface area contributed by atoms with Crippen LogP contribution in [0.4, 0.5) is 0 Å². The largest absolute Gasteiger partial charge is 0.306 e. The standard InChI is InChI=1S/C18H22BrN/c1-4-18(16-7-9-17(19)10-8-16)20-12-15-6-5-13(2)14(3)11-15/h5-11,18,20H,4,12H2,1-3H3. The van der Waals surface area contributed by atoms with Crippen LogP contribution in [0.1, 0.15) is 41.6 Å². The van der Waals surface area contributed by atoms with E-state index in [0.29, 0.717) is 6.04 Å². The number of hydrogen-bond acceptors (Lipinski definition) is 1. The maximum absolute atomic E-state index is 3.65.